The van der Waals surface area contributed by atoms with Gasteiger partial charge in [-0.1, -0.05) is 13.3 Å². The molecule has 0 bridgehead atoms. The summed E-state index contributed by atoms with van der Waals surface area (Å²) in [5, 5.41) is 0. The van der Waals surface area contributed by atoms with Crippen LogP contribution in [0.2, 0.25) is 0 Å². The van der Waals surface area contributed by atoms with Crippen molar-refractivity contribution in [2.45, 2.75) is 31.6 Å². The SMILES string of the molecule is CCCCOc1ccc(S(=O)(=O)N2CCN(c3cc(-c4ccc(OCC)cc4)ncn3)CC2)cc1. The molecule has 0 amide bonds. The summed E-state index contributed by atoms with van der Waals surface area (Å²) in [6, 6.07) is 16.4. The van der Waals surface area contributed by atoms with E-state index in [1.165, 1.54) is 4.31 Å². The first kappa shape index (κ1) is 24.9. The van der Waals surface area contributed by atoms with Gasteiger partial charge in [-0.3, -0.25) is 0 Å². The third kappa shape index (κ3) is 6.10. The lowest BCUT2D eigenvalue weighted by atomic mass is 10.1. The summed E-state index contributed by atoms with van der Waals surface area (Å²) >= 11 is 0. The maximum absolute atomic E-state index is 13.1. The number of sulfonamides is 1. The van der Waals surface area contributed by atoms with Gasteiger partial charge in [0.05, 0.1) is 23.8 Å². The molecule has 2 aromatic carbocycles. The second kappa shape index (κ2) is 11.5. The molecule has 0 spiro atoms. The monoisotopic (exact) mass is 496 g/mol. The van der Waals surface area contributed by atoms with Crippen LogP contribution in [0.5, 0.6) is 11.5 Å². The first-order valence-electron chi connectivity index (χ1n) is 12.0. The first-order valence-corrected chi connectivity index (χ1v) is 13.5. The molecule has 0 radical (unpaired) electrons. The van der Waals surface area contributed by atoms with Gasteiger partial charge in [-0.05, 0) is 61.9 Å². The molecule has 0 N–H and O–H groups in total. The van der Waals surface area contributed by atoms with Crippen LogP contribution in [0.4, 0.5) is 5.82 Å². The molecular formula is C26H32N4O4S. The van der Waals surface area contributed by atoms with Gasteiger partial charge in [0, 0.05) is 37.8 Å². The quantitative estimate of drug-likeness (QED) is 0.388. The van der Waals surface area contributed by atoms with Crippen LogP contribution in [0.1, 0.15) is 26.7 Å². The number of benzene rings is 2. The fourth-order valence-electron chi connectivity index (χ4n) is 3.92. The lowest BCUT2D eigenvalue weighted by Gasteiger charge is -2.34. The molecule has 186 valence electrons. The summed E-state index contributed by atoms with van der Waals surface area (Å²) in [6.07, 6.45) is 3.57. The number of aromatic nitrogens is 2. The highest BCUT2D eigenvalue weighted by atomic mass is 32.2. The van der Waals surface area contributed by atoms with E-state index in [1.54, 1.807) is 30.6 Å². The molecule has 3 aromatic rings. The second-order valence-electron chi connectivity index (χ2n) is 8.28. The number of piperazine rings is 1. The van der Waals surface area contributed by atoms with Crippen LogP contribution in [0.3, 0.4) is 0 Å². The van der Waals surface area contributed by atoms with Crippen LogP contribution in [0.15, 0.2) is 65.8 Å². The fraction of sp³-hybridized carbons (Fsp3) is 0.385. The van der Waals surface area contributed by atoms with Crippen molar-refractivity contribution in [1.29, 1.82) is 0 Å². The standard InChI is InChI=1S/C26H32N4O4S/c1-3-5-18-34-23-10-12-24(13-11-23)35(31,32)30-16-14-29(15-17-30)26-19-25(27-20-28-26)21-6-8-22(9-7-21)33-4-2/h6-13,19-20H,3-5,14-18H2,1-2H3. The van der Waals surface area contributed by atoms with Crippen molar-refractivity contribution >= 4 is 15.8 Å². The molecule has 1 fully saturated rings. The minimum Gasteiger partial charge on any atom is -0.494 e. The highest BCUT2D eigenvalue weighted by molar-refractivity contribution is 7.89. The van der Waals surface area contributed by atoms with Crippen LogP contribution < -0.4 is 14.4 Å². The summed E-state index contributed by atoms with van der Waals surface area (Å²) in [5.41, 5.74) is 1.79. The Hall–Kier alpha value is -3.17. The van der Waals surface area contributed by atoms with Gasteiger partial charge in [-0.15, -0.1) is 0 Å². The Bertz CT molecular complexity index is 1190. The molecule has 2 heterocycles. The molecule has 35 heavy (non-hydrogen) atoms. The number of ether oxygens (including phenoxy) is 2. The van der Waals surface area contributed by atoms with Gasteiger partial charge < -0.3 is 14.4 Å². The number of rotatable bonds is 10. The topological polar surface area (TPSA) is 84.9 Å². The minimum absolute atomic E-state index is 0.286. The Morgan fingerprint density at radius 3 is 2.17 bits per heavy atom. The van der Waals surface area contributed by atoms with Crippen LogP contribution in [0.25, 0.3) is 11.3 Å². The van der Waals surface area contributed by atoms with Crippen molar-refractivity contribution in [3.8, 4) is 22.8 Å². The second-order valence-corrected chi connectivity index (χ2v) is 10.2. The molecule has 8 nitrogen and oxygen atoms in total. The lowest BCUT2D eigenvalue weighted by molar-refractivity contribution is 0.309. The van der Waals surface area contributed by atoms with Gasteiger partial charge in [0.2, 0.25) is 10.0 Å². The summed E-state index contributed by atoms with van der Waals surface area (Å²) in [6.45, 7) is 7.19. The summed E-state index contributed by atoms with van der Waals surface area (Å²) < 4.78 is 39.0. The van der Waals surface area contributed by atoms with E-state index >= 15 is 0 Å². The molecule has 9 heteroatoms. The van der Waals surface area contributed by atoms with Gasteiger partial charge >= 0.3 is 0 Å². The fourth-order valence-corrected chi connectivity index (χ4v) is 5.34. The van der Waals surface area contributed by atoms with Gasteiger partial charge in [0.25, 0.3) is 0 Å². The summed E-state index contributed by atoms with van der Waals surface area (Å²) in [7, 11) is -3.56. The first-order chi connectivity index (χ1) is 17.0. The molecule has 1 aliphatic rings. The van der Waals surface area contributed by atoms with E-state index in [-0.39, 0.29) is 4.90 Å². The average molecular weight is 497 g/mol. The van der Waals surface area contributed by atoms with E-state index in [9.17, 15) is 8.42 Å². The zero-order valence-corrected chi connectivity index (χ0v) is 21.1. The molecule has 1 aromatic heterocycles. The molecule has 0 unspecified atom stereocenters. The average Bonchev–Trinajstić information content (AvgIpc) is 2.90. The van der Waals surface area contributed by atoms with Crippen LogP contribution in [-0.2, 0) is 10.0 Å². The van der Waals surface area contributed by atoms with Crippen molar-refractivity contribution in [2.75, 3.05) is 44.3 Å². The Balaban J connectivity index is 1.39. The predicted molar refractivity (Wildman–Crippen MR) is 136 cm³/mol. The molecule has 0 aliphatic carbocycles. The normalized spacial score (nSPS) is 14.6. The Morgan fingerprint density at radius 2 is 1.51 bits per heavy atom. The highest BCUT2D eigenvalue weighted by Crippen LogP contribution is 2.25. The number of hydrogen-bond acceptors (Lipinski definition) is 7. The van der Waals surface area contributed by atoms with Crippen molar-refractivity contribution in [1.82, 2.24) is 14.3 Å². The van der Waals surface area contributed by atoms with Crippen molar-refractivity contribution in [2.24, 2.45) is 0 Å². The number of nitrogens with zero attached hydrogens (tertiary/aromatic N) is 4. The Labute approximate surface area is 207 Å². The van der Waals surface area contributed by atoms with Crippen LogP contribution in [-0.4, -0.2) is 62.1 Å². The van der Waals surface area contributed by atoms with Crippen LogP contribution in [0, 0.1) is 0 Å². The van der Waals surface area contributed by atoms with E-state index in [0.717, 1.165) is 35.7 Å². The molecule has 1 aliphatic heterocycles. The van der Waals surface area contributed by atoms with Crippen molar-refractivity contribution in [3.05, 3.63) is 60.9 Å². The summed E-state index contributed by atoms with van der Waals surface area (Å²) in [4.78, 5) is 11.2. The maximum Gasteiger partial charge on any atom is 0.243 e. The van der Waals surface area contributed by atoms with Gasteiger partial charge in [0.15, 0.2) is 0 Å². The number of unbranched alkanes of at least 4 members (excludes halogenated alkanes) is 1. The Kier molecular flexibility index (Phi) is 8.20. The maximum atomic E-state index is 13.1. The van der Waals surface area contributed by atoms with Gasteiger partial charge in [-0.2, -0.15) is 4.31 Å². The zero-order chi connectivity index (χ0) is 24.7. The van der Waals surface area contributed by atoms with Crippen molar-refractivity contribution < 1.29 is 17.9 Å². The predicted octanol–water partition coefficient (Wildman–Crippen LogP) is 4.23. The van der Waals surface area contributed by atoms with Crippen LogP contribution >= 0.6 is 0 Å². The Morgan fingerprint density at radius 1 is 0.857 bits per heavy atom. The van der Waals surface area contributed by atoms with E-state index in [2.05, 4.69) is 21.8 Å². The smallest absolute Gasteiger partial charge is 0.243 e. The van der Waals surface area contributed by atoms with Gasteiger partial charge in [0.1, 0.15) is 23.6 Å². The van der Waals surface area contributed by atoms with E-state index in [4.69, 9.17) is 9.47 Å². The third-order valence-electron chi connectivity index (χ3n) is 5.90. The molecule has 1 saturated heterocycles. The molecule has 0 atom stereocenters. The number of anilines is 1. The lowest BCUT2D eigenvalue weighted by Crippen LogP contribution is -2.48. The molecular weight excluding hydrogens is 464 g/mol. The van der Waals surface area contributed by atoms with E-state index in [1.807, 2.05) is 37.3 Å². The zero-order valence-electron chi connectivity index (χ0n) is 20.3. The largest absolute Gasteiger partial charge is 0.494 e. The van der Waals surface area contributed by atoms with E-state index in [0.29, 0.717) is 45.1 Å². The summed E-state index contributed by atoms with van der Waals surface area (Å²) in [5.74, 6) is 2.30. The van der Waals surface area contributed by atoms with Gasteiger partial charge in [-0.25, -0.2) is 18.4 Å². The minimum atomic E-state index is -3.56. The number of hydrogen-bond donors (Lipinski definition) is 0. The van der Waals surface area contributed by atoms with E-state index < -0.39 is 10.0 Å². The van der Waals surface area contributed by atoms with Crippen molar-refractivity contribution in [3.63, 3.8) is 0 Å². The third-order valence-corrected chi connectivity index (χ3v) is 7.82. The highest BCUT2D eigenvalue weighted by Gasteiger charge is 2.29. The molecule has 4 rings (SSSR count). The molecule has 0 saturated carbocycles.